The van der Waals surface area contributed by atoms with E-state index in [1.807, 2.05) is 30.3 Å². The van der Waals surface area contributed by atoms with Gasteiger partial charge in [0.05, 0.1) is 5.69 Å². The number of aromatic hydroxyl groups is 1. The summed E-state index contributed by atoms with van der Waals surface area (Å²) in [5.74, 6) is 0.189. The number of phenols is 1. The molecule has 0 saturated heterocycles. The number of phenolic OH excluding ortho intramolecular Hbond substituents is 1. The summed E-state index contributed by atoms with van der Waals surface area (Å²) >= 11 is 1.80. The van der Waals surface area contributed by atoms with Gasteiger partial charge < -0.3 is 9.52 Å². The van der Waals surface area contributed by atoms with Gasteiger partial charge in [0.2, 0.25) is 0 Å². The minimum Gasteiger partial charge on any atom is -0.507 e. The molecule has 1 N–H and O–H groups in total. The number of hydrogen-bond donors (Lipinski definition) is 1. The van der Waals surface area contributed by atoms with Gasteiger partial charge in [-0.05, 0) is 99.7 Å². The maximum Gasteiger partial charge on any atom is 0.136 e. The van der Waals surface area contributed by atoms with Gasteiger partial charge in [0.15, 0.2) is 0 Å². The summed E-state index contributed by atoms with van der Waals surface area (Å²) in [7, 11) is 0. The maximum atomic E-state index is 11.1. The Kier molecular flexibility index (Phi) is 10.9. The van der Waals surface area contributed by atoms with Crippen LogP contribution in [-0.4, -0.2) is 15.1 Å². The number of fused-ring (bicyclic) bond motifs is 4. The summed E-state index contributed by atoms with van der Waals surface area (Å²) < 4.78 is 7.59. The number of pyridine rings is 2. The fourth-order valence-corrected chi connectivity index (χ4v) is 9.66. The molecule has 6 heteroatoms. The average molecular weight is 1020 g/mol. The topological polar surface area (TPSA) is 59.2 Å². The third-order valence-corrected chi connectivity index (χ3v) is 13.0. The van der Waals surface area contributed by atoms with Gasteiger partial charge in [-0.1, -0.05) is 138 Å². The smallest absolute Gasteiger partial charge is 0.136 e. The Morgan fingerprint density at radius 2 is 1.13 bits per heavy atom. The minimum atomic E-state index is -0.0487. The van der Waals surface area contributed by atoms with Crippen molar-refractivity contribution < 1.29 is 30.6 Å². The summed E-state index contributed by atoms with van der Waals surface area (Å²) in [6.07, 6.45) is 0. The molecule has 0 aliphatic carbocycles. The quantitative estimate of drug-likeness (QED) is 0.169. The van der Waals surface area contributed by atoms with E-state index in [4.69, 9.17) is 14.4 Å². The normalized spacial score (nSPS) is 12.0. The van der Waals surface area contributed by atoms with Crippen molar-refractivity contribution in [1.82, 2.24) is 9.97 Å². The molecule has 0 spiro atoms. The van der Waals surface area contributed by atoms with E-state index in [1.165, 1.54) is 31.7 Å². The molecule has 10 rings (SSSR count). The zero-order valence-corrected chi connectivity index (χ0v) is 39.5. The predicted octanol–water partition coefficient (Wildman–Crippen LogP) is 16.0. The van der Waals surface area contributed by atoms with Gasteiger partial charge in [0, 0.05) is 75.0 Å². The number of hydrogen-bond acceptors (Lipinski definition) is 5. The van der Waals surface area contributed by atoms with Crippen LogP contribution in [0.15, 0.2) is 156 Å². The molecular formula is C57H47N2O2PtS-. The van der Waals surface area contributed by atoms with E-state index in [0.29, 0.717) is 11.3 Å². The maximum absolute atomic E-state index is 11.1. The molecule has 4 nitrogen and oxygen atoms in total. The monoisotopic (exact) mass is 1020 g/mol. The van der Waals surface area contributed by atoms with E-state index in [9.17, 15) is 5.11 Å². The fraction of sp³-hybridized carbons (Fsp3) is 0.158. The summed E-state index contributed by atoms with van der Waals surface area (Å²) in [5, 5.41) is 14.5. The van der Waals surface area contributed by atoms with Gasteiger partial charge >= 0.3 is 0 Å². The first-order valence-electron chi connectivity index (χ1n) is 21.2. The Morgan fingerprint density at radius 1 is 0.524 bits per heavy atom. The molecule has 10 aromatic rings. The van der Waals surface area contributed by atoms with E-state index >= 15 is 0 Å². The van der Waals surface area contributed by atoms with Crippen molar-refractivity contribution in [3.05, 3.63) is 175 Å². The van der Waals surface area contributed by atoms with E-state index < -0.39 is 0 Å². The largest absolute Gasteiger partial charge is 0.507 e. The van der Waals surface area contributed by atoms with Crippen molar-refractivity contribution in [2.24, 2.45) is 0 Å². The predicted molar refractivity (Wildman–Crippen MR) is 260 cm³/mol. The molecular weight excluding hydrogens is 972 g/mol. The van der Waals surface area contributed by atoms with Crippen LogP contribution in [0.1, 0.15) is 58.4 Å². The van der Waals surface area contributed by atoms with Crippen LogP contribution >= 0.6 is 11.3 Å². The van der Waals surface area contributed by atoms with Crippen molar-refractivity contribution in [3.63, 3.8) is 0 Å². The van der Waals surface area contributed by atoms with Gasteiger partial charge in [-0.2, -0.15) is 0 Å². The molecule has 314 valence electrons. The number of aryl methyl sites for hydroxylation is 1. The van der Waals surface area contributed by atoms with Crippen molar-refractivity contribution >= 4 is 43.4 Å². The third-order valence-electron chi connectivity index (χ3n) is 11.8. The molecule has 0 bridgehead atoms. The van der Waals surface area contributed by atoms with Crippen molar-refractivity contribution in [2.45, 2.75) is 59.3 Å². The molecule has 4 heterocycles. The molecule has 6 aromatic carbocycles. The van der Waals surface area contributed by atoms with E-state index in [0.717, 1.165) is 72.4 Å². The first kappa shape index (κ1) is 42.2. The Morgan fingerprint density at radius 3 is 1.86 bits per heavy atom. The SMILES string of the molecule is Cc1cc(-c2sc3ccccc3c2-c2ccc3c(c2)oc2ccccc23)cc(-c2[c-]c(-c3cc(-c4cc(C(C)(C)C)cc(C(C)(C)C)c4)cc(-c4ccccc4O)n3)ccc2)n1.[Pt]. The fourth-order valence-electron chi connectivity index (χ4n) is 8.45. The van der Waals surface area contributed by atoms with Crippen LogP contribution in [0.4, 0.5) is 0 Å². The Balaban J connectivity index is 0.00000504. The molecule has 0 aliphatic heterocycles. The van der Waals surface area contributed by atoms with Crippen LogP contribution in [0.2, 0.25) is 0 Å². The number of para-hydroxylation sites is 2. The van der Waals surface area contributed by atoms with Crippen LogP contribution in [0.5, 0.6) is 5.75 Å². The van der Waals surface area contributed by atoms with E-state index in [-0.39, 0.29) is 37.6 Å². The number of aromatic nitrogens is 2. The summed E-state index contributed by atoms with van der Waals surface area (Å²) in [4.78, 5) is 11.5. The third kappa shape index (κ3) is 8.05. The molecule has 0 radical (unpaired) electrons. The minimum absolute atomic E-state index is 0. The number of thiophene rings is 1. The van der Waals surface area contributed by atoms with Gasteiger partial charge in [-0.15, -0.1) is 35.6 Å². The van der Waals surface area contributed by atoms with Crippen LogP contribution in [-0.2, 0) is 31.9 Å². The van der Waals surface area contributed by atoms with Crippen molar-refractivity contribution in [1.29, 1.82) is 0 Å². The molecule has 4 aromatic heterocycles. The molecule has 63 heavy (non-hydrogen) atoms. The summed E-state index contributed by atoms with van der Waals surface area (Å²) in [6, 6.07) is 56.4. The van der Waals surface area contributed by atoms with Crippen molar-refractivity contribution in [2.75, 3.05) is 0 Å². The standard InChI is InChI=1S/C57H47N2O2S.Pt/c1-34-25-40(55-54(46-19-10-13-22-53(46)62-55)37-23-24-44-43-17-9-12-21-51(43)61-52(44)32-37)31-47(58-34)35-15-14-16-36(26-35)48-29-39(30-49(59-48)45-18-8-11-20-50(45)60)38-27-41(56(2,3)4)33-42(28-38)57(5,6)7;/h8-25,27-33,60H,1-7H3;/q-1;. The molecule has 0 amide bonds. The van der Waals surface area contributed by atoms with Crippen LogP contribution in [0, 0.1) is 13.0 Å². The number of nitrogens with zero attached hydrogens (tertiary/aromatic N) is 2. The van der Waals surface area contributed by atoms with Crippen LogP contribution in [0.3, 0.4) is 0 Å². The number of benzene rings is 6. The van der Waals surface area contributed by atoms with Crippen LogP contribution in [0.25, 0.3) is 98.5 Å². The second kappa shape index (κ2) is 16.2. The number of rotatable bonds is 6. The van der Waals surface area contributed by atoms with Crippen LogP contribution < -0.4 is 0 Å². The molecule has 0 fully saturated rings. The van der Waals surface area contributed by atoms with Gasteiger partial charge in [0.25, 0.3) is 0 Å². The summed E-state index contributed by atoms with van der Waals surface area (Å²) in [6.45, 7) is 15.6. The first-order valence-corrected chi connectivity index (χ1v) is 22.0. The van der Waals surface area contributed by atoms with Gasteiger partial charge in [-0.25, -0.2) is 0 Å². The first-order chi connectivity index (χ1) is 29.8. The Bertz CT molecular complexity index is 3330. The zero-order valence-electron chi connectivity index (χ0n) is 36.4. The Labute approximate surface area is 387 Å². The summed E-state index contributed by atoms with van der Waals surface area (Å²) in [5.41, 5.74) is 15.4. The van der Waals surface area contributed by atoms with Crippen molar-refractivity contribution in [3.8, 4) is 72.2 Å². The molecule has 0 atom stereocenters. The van der Waals surface area contributed by atoms with E-state index in [1.54, 1.807) is 17.4 Å². The molecule has 0 saturated carbocycles. The second-order valence-electron chi connectivity index (χ2n) is 18.4. The van der Waals surface area contributed by atoms with E-state index in [2.05, 4.69) is 170 Å². The Hall–Kier alpha value is -6.13. The zero-order chi connectivity index (χ0) is 42.9. The molecule has 0 aliphatic rings. The van der Waals surface area contributed by atoms with Gasteiger partial charge in [-0.3, -0.25) is 9.97 Å². The second-order valence-corrected chi connectivity index (χ2v) is 19.5. The number of furan rings is 1. The average Bonchev–Trinajstić information content (AvgIpc) is 3.84. The van der Waals surface area contributed by atoms with Gasteiger partial charge in [0.1, 0.15) is 16.9 Å². The molecule has 0 unspecified atom stereocenters.